The van der Waals surface area contributed by atoms with Crippen LogP contribution in [0.15, 0.2) is 24.3 Å². The number of hydrogen-bond acceptors (Lipinski definition) is 3. The summed E-state index contributed by atoms with van der Waals surface area (Å²) < 4.78 is 15.0. The van der Waals surface area contributed by atoms with Gasteiger partial charge in [-0.2, -0.15) is 5.10 Å². The Kier molecular flexibility index (Phi) is 2.77. The highest BCUT2D eigenvalue weighted by molar-refractivity contribution is 5.47. The van der Waals surface area contributed by atoms with Gasteiger partial charge in [0.2, 0.25) is 0 Å². The summed E-state index contributed by atoms with van der Waals surface area (Å²) >= 11 is 0. The standard InChI is InChI=1S/C13H16FN3O/c1-13(2,3)11-7-12(15)17(16-11)10-6-8(18)4-5-9(10)14/h4-7,18H,15H2,1-3H3. The average molecular weight is 249 g/mol. The van der Waals surface area contributed by atoms with E-state index in [-0.39, 0.29) is 16.9 Å². The van der Waals surface area contributed by atoms with Crippen LogP contribution in [0.1, 0.15) is 26.5 Å². The van der Waals surface area contributed by atoms with Gasteiger partial charge in [-0.3, -0.25) is 0 Å². The summed E-state index contributed by atoms with van der Waals surface area (Å²) in [5, 5.41) is 13.7. The van der Waals surface area contributed by atoms with Crippen LogP contribution >= 0.6 is 0 Å². The maximum atomic E-state index is 13.7. The van der Waals surface area contributed by atoms with Gasteiger partial charge >= 0.3 is 0 Å². The Morgan fingerprint density at radius 1 is 1.28 bits per heavy atom. The quantitative estimate of drug-likeness (QED) is 0.816. The number of rotatable bonds is 1. The van der Waals surface area contributed by atoms with E-state index in [0.717, 1.165) is 5.69 Å². The highest BCUT2D eigenvalue weighted by Gasteiger charge is 2.20. The van der Waals surface area contributed by atoms with Gasteiger partial charge in [-0.25, -0.2) is 9.07 Å². The van der Waals surface area contributed by atoms with E-state index < -0.39 is 5.82 Å². The first-order valence-corrected chi connectivity index (χ1v) is 5.64. The molecule has 1 aromatic heterocycles. The highest BCUT2D eigenvalue weighted by atomic mass is 19.1. The molecule has 0 spiro atoms. The molecule has 0 amide bonds. The molecule has 3 N–H and O–H groups in total. The molecule has 2 rings (SSSR count). The molecular formula is C13H16FN3O. The first-order valence-electron chi connectivity index (χ1n) is 5.64. The number of benzene rings is 1. The molecule has 0 atom stereocenters. The van der Waals surface area contributed by atoms with E-state index >= 15 is 0 Å². The maximum absolute atomic E-state index is 13.7. The van der Waals surface area contributed by atoms with Crippen molar-refractivity contribution in [1.82, 2.24) is 9.78 Å². The molecule has 4 nitrogen and oxygen atoms in total. The molecule has 0 unspecified atom stereocenters. The lowest BCUT2D eigenvalue weighted by Crippen LogP contribution is -2.13. The molecule has 1 heterocycles. The zero-order valence-corrected chi connectivity index (χ0v) is 10.6. The molecule has 0 saturated heterocycles. The second-order valence-corrected chi connectivity index (χ2v) is 5.25. The van der Waals surface area contributed by atoms with E-state index in [1.165, 1.54) is 22.9 Å². The third kappa shape index (κ3) is 2.16. The van der Waals surface area contributed by atoms with Gasteiger partial charge in [0, 0.05) is 17.5 Å². The second-order valence-electron chi connectivity index (χ2n) is 5.25. The summed E-state index contributed by atoms with van der Waals surface area (Å²) in [6.07, 6.45) is 0. The molecular weight excluding hydrogens is 233 g/mol. The summed E-state index contributed by atoms with van der Waals surface area (Å²) in [6, 6.07) is 5.47. The number of anilines is 1. The van der Waals surface area contributed by atoms with Crippen molar-refractivity contribution in [3.63, 3.8) is 0 Å². The maximum Gasteiger partial charge on any atom is 0.149 e. The third-order valence-corrected chi connectivity index (χ3v) is 2.66. The number of nitrogens with zero attached hydrogens (tertiary/aromatic N) is 2. The van der Waals surface area contributed by atoms with Gasteiger partial charge in [0.1, 0.15) is 23.1 Å². The molecule has 0 radical (unpaired) electrons. The Balaban J connectivity index is 2.58. The number of aromatic hydroxyl groups is 1. The van der Waals surface area contributed by atoms with E-state index in [9.17, 15) is 9.50 Å². The Labute approximate surface area is 105 Å². The molecule has 96 valence electrons. The van der Waals surface area contributed by atoms with Crippen LogP contribution in [0.2, 0.25) is 0 Å². The largest absolute Gasteiger partial charge is 0.508 e. The average Bonchev–Trinajstić information content (AvgIpc) is 2.64. The molecule has 0 fully saturated rings. The van der Waals surface area contributed by atoms with Crippen molar-refractivity contribution in [2.45, 2.75) is 26.2 Å². The van der Waals surface area contributed by atoms with Crippen molar-refractivity contribution in [3.8, 4) is 11.4 Å². The molecule has 0 bridgehead atoms. The van der Waals surface area contributed by atoms with E-state index in [1.54, 1.807) is 6.07 Å². The van der Waals surface area contributed by atoms with Gasteiger partial charge in [-0.1, -0.05) is 20.8 Å². The fraction of sp³-hybridized carbons (Fsp3) is 0.308. The van der Waals surface area contributed by atoms with E-state index in [0.29, 0.717) is 5.82 Å². The smallest absolute Gasteiger partial charge is 0.149 e. The normalized spacial score (nSPS) is 11.8. The van der Waals surface area contributed by atoms with Crippen molar-refractivity contribution in [2.24, 2.45) is 0 Å². The van der Waals surface area contributed by atoms with Crippen LogP contribution in [0.3, 0.4) is 0 Å². The topological polar surface area (TPSA) is 64.1 Å². The van der Waals surface area contributed by atoms with Crippen LogP contribution in [-0.2, 0) is 5.41 Å². The minimum Gasteiger partial charge on any atom is -0.508 e. The van der Waals surface area contributed by atoms with Crippen molar-refractivity contribution in [2.75, 3.05) is 5.73 Å². The Hall–Kier alpha value is -2.04. The molecule has 0 aliphatic carbocycles. The van der Waals surface area contributed by atoms with E-state index in [1.807, 2.05) is 20.8 Å². The zero-order chi connectivity index (χ0) is 13.5. The van der Waals surface area contributed by atoms with Gasteiger partial charge in [0.05, 0.1) is 5.69 Å². The third-order valence-electron chi connectivity index (χ3n) is 2.66. The summed E-state index contributed by atoms with van der Waals surface area (Å²) in [5.41, 5.74) is 6.58. The van der Waals surface area contributed by atoms with Gasteiger partial charge in [0.15, 0.2) is 0 Å². The number of nitrogens with two attached hydrogens (primary N) is 1. The molecule has 0 saturated carbocycles. The Morgan fingerprint density at radius 2 is 1.94 bits per heavy atom. The van der Waals surface area contributed by atoms with Crippen LogP contribution in [0.25, 0.3) is 5.69 Å². The predicted molar refractivity (Wildman–Crippen MR) is 68.3 cm³/mol. The first-order chi connectivity index (χ1) is 8.29. The summed E-state index contributed by atoms with van der Waals surface area (Å²) in [5.74, 6) is -0.175. The van der Waals surface area contributed by atoms with Crippen LogP contribution < -0.4 is 5.73 Å². The highest BCUT2D eigenvalue weighted by Crippen LogP contribution is 2.26. The molecule has 5 heteroatoms. The van der Waals surface area contributed by atoms with Crippen molar-refractivity contribution >= 4 is 5.82 Å². The number of phenols is 1. The van der Waals surface area contributed by atoms with Gasteiger partial charge in [0.25, 0.3) is 0 Å². The van der Waals surface area contributed by atoms with Crippen LogP contribution in [-0.4, -0.2) is 14.9 Å². The van der Waals surface area contributed by atoms with Gasteiger partial charge in [-0.15, -0.1) is 0 Å². The van der Waals surface area contributed by atoms with E-state index in [2.05, 4.69) is 5.10 Å². The Morgan fingerprint density at radius 3 is 2.50 bits per heavy atom. The molecule has 0 aliphatic rings. The fourth-order valence-electron chi connectivity index (χ4n) is 1.62. The number of halogens is 1. The van der Waals surface area contributed by atoms with Gasteiger partial charge < -0.3 is 10.8 Å². The minimum atomic E-state index is -0.483. The van der Waals surface area contributed by atoms with Crippen LogP contribution in [0.4, 0.5) is 10.2 Å². The fourth-order valence-corrected chi connectivity index (χ4v) is 1.62. The lowest BCUT2D eigenvalue weighted by atomic mass is 9.92. The van der Waals surface area contributed by atoms with Crippen molar-refractivity contribution in [3.05, 3.63) is 35.8 Å². The van der Waals surface area contributed by atoms with E-state index in [4.69, 9.17) is 5.73 Å². The zero-order valence-electron chi connectivity index (χ0n) is 10.6. The molecule has 18 heavy (non-hydrogen) atoms. The second kappa shape index (κ2) is 4.01. The summed E-state index contributed by atoms with van der Waals surface area (Å²) in [4.78, 5) is 0. The van der Waals surface area contributed by atoms with Crippen LogP contribution in [0, 0.1) is 5.82 Å². The monoisotopic (exact) mass is 249 g/mol. The summed E-state index contributed by atoms with van der Waals surface area (Å²) in [7, 11) is 0. The SMILES string of the molecule is CC(C)(C)c1cc(N)n(-c2cc(O)ccc2F)n1. The molecule has 0 aliphatic heterocycles. The van der Waals surface area contributed by atoms with Gasteiger partial charge in [-0.05, 0) is 12.1 Å². The van der Waals surface area contributed by atoms with Crippen molar-refractivity contribution < 1.29 is 9.50 Å². The number of aromatic nitrogens is 2. The lowest BCUT2D eigenvalue weighted by Gasteiger charge is -2.14. The molecule has 2 aromatic rings. The molecule has 1 aromatic carbocycles. The summed E-state index contributed by atoms with van der Waals surface area (Å²) in [6.45, 7) is 5.99. The predicted octanol–water partition coefficient (Wildman–Crippen LogP) is 2.60. The van der Waals surface area contributed by atoms with Crippen LogP contribution in [0.5, 0.6) is 5.75 Å². The first kappa shape index (κ1) is 12.4. The lowest BCUT2D eigenvalue weighted by molar-refractivity contribution is 0.472. The minimum absolute atomic E-state index is 0.0291. The number of nitrogen functional groups attached to an aromatic ring is 1. The number of hydrogen-bond donors (Lipinski definition) is 2. The Bertz CT molecular complexity index is 584. The number of phenolic OH excluding ortho intramolecular Hbond substituents is 1. The van der Waals surface area contributed by atoms with Crippen molar-refractivity contribution in [1.29, 1.82) is 0 Å².